The Kier molecular flexibility index (Phi) is 4.59. The van der Waals surface area contributed by atoms with Crippen molar-refractivity contribution in [1.82, 2.24) is 20.2 Å². The van der Waals surface area contributed by atoms with E-state index in [1.807, 2.05) is 12.1 Å². The molecule has 0 fully saturated rings. The van der Waals surface area contributed by atoms with E-state index in [0.717, 1.165) is 5.69 Å². The average molecular weight is 307 g/mol. The molecule has 0 saturated heterocycles. The van der Waals surface area contributed by atoms with Crippen LogP contribution in [0, 0.1) is 0 Å². The van der Waals surface area contributed by atoms with Gasteiger partial charge in [-0.05, 0) is 42.5 Å². The van der Waals surface area contributed by atoms with Crippen molar-refractivity contribution in [2.45, 2.75) is 31.5 Å². The van der Waals surface area contributed by atoms with Gasteiger partial charge >= 0.3 is 0 Å². The SMILES string of the molecule is CC(=O)Nc1cccc(-n2nnnc2SCC(C)(C)O)c1. The number of carbonyl (C=O) groups is 1. The standard InChI is InChI=1S/C13H17N5O2S/c1-9(19)14-10-5-4-6-11(7-10)18-12(15-16-17-18)21-8-13(2,3)20/h4-7,20H,8H2,1-3H3,(H,14,19). The molecule has 2 N–H and O–H groups in total. The van der Waals surface area contributed by atoms with Crippen molar-refractivity contribution in [2.24, 2.45) is 0 Å². The van der Waals surface area contributed by atoms with Gasteiger partial charge in [0.05, 0.1) is 11.3 Å². The van der Waals surface area contributed by atoms with E-state index in [1.54, 1.807) is 30.7 Å². The van der Waals surface area contributed by atoms with Gasteiger partial charge in [0.2, 0.25) is 11.1 Å². The molecule has 0 aliphatic heterocycles. The van der Waals surface area contributed by atoms with Gasteiger partial charge in [-0.2, -0.15) is 4.68 Å². The third-order valence-corrected chi connectivity index (χ3v) is 3.77. The number of hydrogen-bond donors (Lipinski definition) is 2. The van der Waals surface area contributed by atoms with Gasteiger partial charge < -0.3 is 10.4 Å². The van der Waals surface area contributed by atoms with Crippen molar-refractivity contribution in [1.29, 1.82) is 0 Å². The third kappa shape index (κ3) is 4.54. The van der Waals surface area contributed by atoms with E-state index in [1.165, 1.54) is 18.7 Å². The minimum Gasteiger partial charge on any atom is -0.390 e. The van der Waals surface area contributed by atoms with Gasteiger partial charge in [0, 0.05) is 18.4 Å². The van der Waals surface area contributed by atoms with Crippen molar-refractivity contribution in [3.63, 3.8) is 0 Å². The maximum absolute atomic E-state index is 11.1. The van der Waals surface area contributed by atoms with Crippen LogP contribution in [0.25, 0.3) is 5.69 Å². The molecule has 2 aromatic rings. The summed E-state index contributed by atoms with van der Waals surface area (Å²) in [5, 5.41) is 24.6. The van der Waals surface area contributed by atoms with Crippen LogP contribution in [0.1, 0.15) is 20.8 Å². The van der Waals surface area contributed by atoms with Crippen LogP contribution in [-0.2, 0) is 4.79 Å². The van der Waals surface area contributed by atoms with Crippen molar-refractivity contribution >= 4 is 23.4 Å². The number of benzene rings is 1. The fraction of sp³-hybridized carbons (Fsp3) is 0.385. The molecule has 0 atom stereocenters. The van der Waals surface area contributed by atoms with Crippen molar-refractivity contribution in [3.8, 4) is 5.69 Å². The van der Waals surface area contributed by atoms with E-state index in [4.69, 9.17) is 0 Å². The number of amides is 1. The topological polar surface area (TPSA) is 92.9 Å². The Bertz CT molecular complexity index is 635. The van der Waals surface area contributed by atoms with Crippen LogP contribution in [0.2, 0.25) is 0 Å². The van der Waals surface area contributed by atoms with Crippen LogP contribution in [-0.4, -0.2) is 42.6 Å². The van der Waals surface area contributed by atoms with Gasteiger partial charge in [0.15, 0.2) is 0 Å². The molecule has 0 saturated carbocycles. The Balaban J connectivity index is 2.22. The highest BCUT2D eigenvalue weighted by atomic mass is 32.2. The Morgan fingerprint density at radius 3 is 2.90 bits per heavy atom. The van der Waals surface area contributed by atoms with Gasteiger partial charge in [0.1, 0.15) is 0 Å². The van der Waals surface area contributed by atoms with Crippen molar-refractivity contribution in [2.75, 3.05) is 11.1 Å². The first kappa shape index (κ1) is 15.5. The summed E-state index contributed by atoms with van der Waals surface area (Å²) in [5.41, 5.74) is 0.609. The van der Waals surface area contributed by atoms with Gasteiger partial charge in [-0.15, -0.1) is 5.10 Å². The second kappa shape index (κ2) is 6.23. The van der Waals surface area contributed by atoms with Crippen LogP contribution in [0.5, 0.6) is 0 Å². The number of rotatable bonds is 5. The molecule has 8 heteroatoms. The lowest BCUT2D eigenvalue weighted by molar-refractivity contribution is -0.114. The first-order valence-corrected chi connectivity index (χ1v) is 7.35. The molecule has 7 nitrogen and oxygen atoms in total. The minimum atomic E-state index is -0.806. The molecule has 0 aliphatic carbocycles. The normalized spacial score (nSPS) is 11.4. The smallest absolute Gasteiger partial charge is 0.221 e. The predicted octanol–water partition coefficient (Wildman–Crippen LogP) is 1.48. The number of carbonyl (C=O) groups excluding carboxylic acids is 1. The predicted molar refractivity (Wildman–Crippen MR) is 80.5 cm³/mol. The van der Waals surface area contributed by atoms with Crippen molar-refractivity contribution in [3.05, 3.63) is 24.3 Å². The van der Waals surface area contributed by atoms with Crippen LogP contribution < -0.4 is 5.32 Å². The molecule has 1 aromatic carbocycles. The van der Waals surface area contributed by atoms with Gasteiger partial charge in [-0.1, -0.05) is 17.8 Å². The van der Waals surface area contributed by atoms with Gasteiger partial charge in [-0.3, -0.25) is 4.79 Å². The van der Waals surface area contributed by atoms with E-state index >= 15 is 0 Å². The lowest BCUT2D eigenvalue weighted by Crippen LogP contribution is -2.22. The molecule has 1 aromatic heterocycles. The molecule has 0 spiro atoms. The third-order valence-electron chi connectivity index (χ3n) is 2.41. The molecule has 0 unspecified atom stereocenters. The largest absolute Gasteiger partial charge is 0.390 e. The summed E-state index contributed by atoms with van der Waals surface area (Å²) in [6.45, 7) is 4.91. The molecule has 112 valence electrons. The Hall–Kier alpha value is -1.93. The highest BCUT2D eigenvalue weighted by Crippen LogP contribution is 2.23. The van der Waals surface area contributed by atoms with E-state index in [9.17, 15) is 9.90 Å². The zero-order valence-corrected chi connectivity index (χ0v) is 12.9. The first-order valence-electron chi connectivity index (χ1n) is 6.37. The van der Waals surface area contributed by atoms with Crippen LogP contribution in [0.4, 0.5) is 5.69 Å². The Labute approximate surface area is 126 Å². The second-order valence-electron chi connectivity index (χ2n) is 5.21. The molecule has 0 bridgehead atoms. The summed E-state index contributed by atoms with van der Waals surface area (Å²) in [6, 6.07) is 7.23. The highest BCUT2D eigenvalue weighted by molar-refractivity contribution is 7.99. The molecule has 0 aliphatic rings. The molecule has 1 amide bonds. The van der Waals surface area contributed by atoms with E-state index in [0.29, 0.717) is 16.6 Å². The lowest BCUT2D eigenvalue weighted by Gasteiger charge is -2.15. The van der Waals surface area contributed by atoms with Crippen molar-refractivity contribution < 1.29 is 9.90 Å². The number of nitrogens with zero attached hydrogens (tertiary/aromatic N) is 4. The molecular formula is C13H17N5O2S. The minimum absolute atomic E-state index is 0.138. The Morgan fingerprint density at radius 2 is 2.24 bits per heavy atom. The van der Waals surface area contributed by atoms with Crippen LogP contribution in [0.15, 0.2) is 29.4 Å². The molecule has 21 heavy (non-hydrogen) atoms. The highest BCUT2D eigenvalue weighted by Gasteiger charge is 2.17. The zero-order chi connectivity index (χ0) is 15.5. The average Bonchev–Trinajstić information content (AvgIpc) is 2.83. The number of tetrazole rings is 1. The number of hydrogen-bond acceptors (Lipinski definition) is 6. The van der Waals surface area contributed by atoms with Gasteiger partial charge in [-0.25, -0.2) is 0 Å². The summed E-state index contributed by atoms with van der Waals surface area (Å²) >= 11 is 1.36. The monoisotopic (exact) mass is 307 g/mol. The van der Waals surface area contributed by atoms with Crippen LogP contribution >= 0.6 is 11.8 Å². The summed E-state index contributed by atoms with van der Waals surface area (Å²) in [6.07, 6.45) is 0. The molecule has 1 heterocycles. The number of aromatic nitrogens is 4. The number of nitrogens with one attached hydrogen (secondary N) is 1. The van der Waals surface area contributed by atoms with Gasteiger partial charge in [0.25, 0.3) is 0 Å². The maximum atomic E-state index is 11.1. The van der Waals surface area contributed by atoms with Crippen LogP contribution in [0.3, 0.4) is 0 Å². The first-order chi connectivity index (χ1) is 9.85. The quantitative estimate of drug-likeness (QED) is 0.813. The number of anilines is 1. The van der Waals surface area contributed by atoms with E-state index in [2.05, 4.69) is 20.8 Å². The number of thioether (sulfide) groups is 1. The fourth-order valence-electron chi connectivity index (χ4n) is 1.59. The Morgan fingerprint density at radius 1 is 1.48 bits per heavy atom. The summed E-state index contributed by atoms with van der Waals surface area (Å²) in [7, 11) is 0. The summed E-state index contributed by atoms with van der Waals surface area (Å²) in [4.78, 5) is 11.1. The summed E-state index contributed by atoms with van der Waals surface area (Å²) < 4.78 is 1.57. The lowest BCUT2D eigenvalue weighted by atomic mass is 10.2. The molecular weight excluding hydrogens is 290 g/mol. The molecule has 0 radical (unpaired) electrons. The number of aliphatic hydroxyl groups is 1. The second-order valence-corrected chi connectivity index (χ2v) is 6.15. The maximum Gasteiger partial charge on any atom is 0.221 e. The fourth-order valence-corrected chi connectivity index (χ4v) is 2.43. The zero-order valence-electron chi connectivity index (χ0n) is 12.1. The summed E-state index contributed by atoms with van der Waals surface area (Å²) in [5.74, 6) is 0.333. The van der Waals surface area contributed by atoms with E-state index in [-0.39, 0.29) is 5.91 Å². The van der Waals surface area contributed by atoms with E-state index < -0.39 is 5.60 Å². The molecule has 2 rings (SSSR count).